The van der Waals surface area contributed by atoms with Gasteiger partial charge in [0.05, 0.1) is 24.5 Å². The first-order chi connectivity index (χ1) is 8.74. The van der Waals surface area contributed by atoms with E-state index in [-0.39, 0.29) is 5.97 Å². The van der Waals surface area contributed by atoms with Gasteiger partial charge in [0.25, 0.3) is 0 Å². The zero-order chi connectivity index (χ0) is 13.0. The molecule has 0 unspecified atom stereocenters. The summed E-state index contributed by atoms with van der Waals surface area (Å²) in [6, 6.07) is 0.454. The van der Waals surface area contributed by atoms with E-state index in [0.29, 0.717) is 18.2 Å². The molecule has 1 saturated carbocycles. The molecule has 0 saturated heterocycles. The Morgan fingerprint density at radius 1 is 1.39 bits per heavy atom. The summed E-state index contributed by atoms with van der Waals surface area (Å²) in [5.41, 5.74) is 1.56. The molecule has 1 fully saturated rings. The van der Waals surface area contributed by atoms with Crippen LogP contribution < -0.4 is 0 Å². The first-order valence-corrected chi connectivity index (χ1v) is 6.95. The lowest BCUT2D eigenvalue weighted by atomic mass is 10.1. The molecule has 1 aliphatic rings. The third-order valence-corrected chi connectivity index (χ3v) is 3.71. The zero-order valence-corrected chi connectivity index (χ0v) is 11.3. The Kier molecular flexibility index (Phi) is 4.39. The summed E-state index contributed by atoms with van der Waals surface area (Å²) in [7, 11) is 0. The van der Waals surface area contributed by atoms with Crippen molar-refractivity contribution in [2.45, 2.75) is 58.4 Å². The molecule has 4 heteroatoms. The Morgan fingerprint density at radius 2 is 2.06 bits per heavy atom. The first kappa shape index (κ1) is 13.1. The van der Waals surface area contributed by atoms with Gasteiger partial charge in [-0.3, -0.25) is 4.68 Å². The molecule has 0 spiro atoms. The van der Waals surface area contributed by atoms with E-state index in [1.807, 2.05) is 18.5 Å². The van der Waals surface area contributed by atoms with E-state index >= 15 is 0 Å². The van der Waals surface area contributed by atoms with Gasteiger partial charge in [-0.1, -0.05) is 25.7 Å². The summed E-state index contributed by atoms with van der Waals surface area (Å²) < 4.78 is 7.07. The molecule has 1 aromatic rings. The number of carbonyl (C=O) groups is 1. The highest BCUT2D eigenvalue weighted by Crippen LogP contribution is 2.28. The Morgan fingerprint density at radius 3 is 2.67 bits per heavy atom. The number of rotatable bonds is 3. The van der Waals surface area contributed by atoms with Crippen LogP contribution in [-0.4, -0.2) is 22.4 Å². The van der Waals surface area contributed by atoms with E-state index in [0.717, 1.165) is 5.69 Å². The van der Waals surface area contributed by atoms with Crippen LogP contribution in [0.2, 0.25) is 0 Å². The maximum Gasteiger partial charge on any atom is 0.341 e. The normalized spacial score (nSPS) is 17.4. The second kappa shape index (κ2) is 6.03. The van der Waals surface area contributed by atoms with Crippen molar-refractivity contribution in [3.63, 3.8) is 0 Å². The average molecular weight is 250 g/mol. The molecule has 0 amide bonds. The molecule has 0 aromatic carbocycles. The van der Waals surface area contributed by atoms with Crippen LogP contribution in [0.25, 0.3) is 0 Å². The van der Waals surface area contributed by atoms with Crippen LogP contribution >= 0.6 is 0 Å². The van der Waals surface area contributed by atoms with Gasteiger partial charge in [0.1, 0.15) is 5.56 Å². The van der Waals surface area contributed by atoms with Gasteiger partial charge >= 0.3 is 5.97 Å². The quantitative estimate of drug-likeness (QED) is 0.611. The highest BCUT2D eigenvalue weighted by atomic mass is 16.5. The maximum absolute atomic E-state index is 11.8. The fourth-order valence-corrected chi connectivity index (χ4v) is 2.70. The van der Waals surface area contributed by atoms with Crippen LogP contribution in [0.5, 0.6) is 0 Å². The second-order valence-electron chi connectivity index (χ2n) is 4.95. The number of nitrogens with zero attached hydrogens (tertiary/aromatic N) is 2. The van der Waals surface area contributed by atoms with Gasteiger partial charge in [0, 0.05) is 0 Å². The molecular formula is C14H22N2O2. The lowest BCUT2D eigenvalue weighted by Crippen LogP contribution is -2.13. The van der Waals surface area contributed by atoms with E-state index in [2.05, 4.69) is 5.10 Å². The van der Waals surface area contributed by atoms with Crippen LogP contribution in [-0.2, 0) is 4.74 Å². The van der Waals surface area contributed by atoms with Gasteiger partial charge in [-0.25, -0.2) is 4.79 Å². The second-order valence-corrected chi connectivity index (χ2v) is 4.95. The van der Waals surface area contributed by atoms with Crippen molar-refractivity contribution in [3.05, 3.63) is 17.5 Å². The van der Waals surface area contributed by atoms with Crippen LogP contribution in [0.4, 0.5) is 0 Å². The Balaban J connectivity index is 2.16. The first-order valence-electron chi connectivity index (χ1n) is 6.95. The third kappa shape index (κ3) is 2.74. The largest absolute Gasteiger partial charge is 0.462 e. The molecule has 0 radical (unpaired) electrons. The van der Waals surface area contributed by atoms with Crippen molar-refractivity contribution in [1.82, 2.24) is 9.78 Å². The molecule has 1 aliphatic carbocycles. The number of aromatic nitrogens is 2. The summed E-state index contributed by atoms with van der Waals surface area (Å²) in [6.45, 7) is 4.19. The minimum absolute atomic E-state index is 0.255. The standard InChI is InChI=1S/C14H22N2O2/c1-3-18-14(17)13-10-15-16(11(13)2)12-8-6-4-5-7-9-12/h10,12H,3-9H2,1-2H3. The van der Waals surface area contributed by atoms with Gasteiger partial charge in [0.15, 0.2) is 0 Å². The lowest BCUT2D eigenvalue weighted by molar-refractivity contribution is 0.0525. The number of hydrogen-bond acceptors (Lipinski definition) is 3. The van der Waals surface area contributed by atoms with E-state index < -0.39 is 0 Å². The minimum Gasteiger partial charge on any atom is -0.462 e. The summed E-state index contributed by atoms with van der Waals surface area (Å²) in [4.78, 5) is 11.8. The van der Waals surface area contributed by atoms with Gasteiger partial charge < -0.3 is 4.74 Å². The zero-order valence-electron chi connectivity index (χ0n) is 11.3. The van der Waals surface area contributed by atoms with Crippen molar-refractivity contribution in [2.24, 2.45) is 0 Å². The molecule has 4 nitrogen and oxygen atoms in total. The van der Waals surface area contributed by atoms with Crippen molar-refractivity contribution in [3.8, 4) is 0 Å². The molecular weight excluding hydrogens is 228 g/mol. The van der Waals surface area contributed by atoms with E-state index in [4.69, 9.17) is 4.74 Å². The molecule has 1 heterocycles. The Hall–Kier alpha value is -1.32. The van der Waals surface area contributed by atoms with Gasteiger partial charge in [-0.15, -0.1) is 0 Å². The average Bonchev–Trinajstić information content (AvgIpc) is 2.59. The van der Waals surface area contributed by atoms with E-state index in [1.165, 1.54) is 38.5 Å². The Labute approximate surface area is 108 Å². The predicted octanol–water partition coefficient (Wildman–Crippen LogP) is 3.26. The number of hydrogen-bond donors (Lipinski definition) is 0. The van der Waals surface area contributed by atoms with Gasteiger partial charge in [-0.05, 0) is 26.7 Å². The monoisotopic (exact) mass is 250 g/mol. The van der Waals surface area contributed by atoms with E-state index in [1.54, 1.807) is 6.20 Å². The number of esters is 1. The summed E-state index contributed by atoms with van der Waals surface area (Å²) in [5, 5.41) is 4.40. The third-order valence-electron chi connectivity index (χ3n) is 3.71. The number of carbonyl (C=O) groups excluding carboxylic acids is 1. The SMILES string of the molecule is CCOC(=O)c1cnn(C2CCCCCC2)c1C. The molecule has 0 N–H and O–H groups in total. The lowest BCUT2D eigenvalue weighted by Gasteiger charge is -2.16. The molecule has 1 aromatic heterocycles. The summed E-state index contributed by atoms with van der Waals surface area (Å²) in [6.07, 6.45) is 9.16. The highest BCUT2D eigenvalue weighted by Gasteiger charge is 2.21. The Bertz CT molecular complexity index is 404. The summed E-state index contributed by atoms with van der Waals surface area (Å²) >= 11 is 0. The maximum atomic E-state index is 11.8. The molecule has 0 atom stereocenters. The minimum atomic E-state index is -0.255. The highest BCUT2D eigenvalue weighted by molar-refractivity contribution is 5.90. The van der Waals surface area contributed by atoms with Gasteiger partial charge in [0.2, 0.25) is 0 Å². The molecule has 0 aliphatic heterocycles. The van der Waals surface area contributed by atoms with Crippen LogP contribution in [0, 0.1) is 6.92 Å². The fourth-order valence-electron chi connectivity index (χ4n) is 2.70. The predicted molar refractivity (Wildman–Crippen MR) is 69.7 cm³/mol. The van der Waals surface area contributed by atoms with Gasteiger partial charge in [-0.2, -0.15) is 5.10 Å². The molecule has 100 valence electrons. The van der Waals surface area contributed by atoms with Crippen molar-refractivity contribution >= 4 is 5.97 Å². The van der Waals surface area contributed by atoms with Crippen LogP contribution in [0.3, 0.4) is 0 Å². The van der Waals surface area contributed by atoms with Crippen molar-refractivity contribution in [2.75, 3.05) is 6.61 Å². The number of ether oxygens (including phenoxy) is 1. The van der Waals surface area contributed by atoms with E-state index in [9.17, 15) is 4.79 Å². The topological polar surface area (TPSA) is 44.1 Å². The molecule has 2 rings (SSSR count). The van der Waals surface area contributed by atoms with Crippen LogP contribution in [0.1, 0.15) is 67.5 Å². The molecule has 18 heavy (non-hydrogen) atoms. The molecule has 0 bridgehead atoms. The van der Waals surface area contributed by atoms with Crippen molar-refractivity contribution < 1.29 is 9.53 Å². The smallest absolute Gasteiger partial charge is 0.341 e. The summed E-state index contributed by atoms with van der Waals surface area (Å²) in [5.74, 6) is -0.255. The fraction of sp³-hybridized carbons (Fsp3) is 0.714. The van der Waals surface area contributed by atoms with Crippen molar-refractivity contribution in [1.29, 1.82) is 0 Å². The van der Waals surface area contributed by atoms with Crippen LogP contribution in [0.15, 0.2) is 6.20 Å².